The first-order chi connectivity index (χ1) is 14.0. The molecule has 4 nitrogen and oxygen atoms in total. The summed E-state index contributed by atoms with van der Waals surface area (Å²) in [4.78, 5) is 6.82. The summed E-state index contributed by atoms with van der Waals surface area (Å²) < 4.78 is 1.89. The molecule has 4 rings (SSSR count). The average Bonchev–Trinajstić information content (AvgIpc) is 3.07. The summed E-state index contributed by atoms with van der Waals surface area (Å²) in [5.74, 6) is 6.56. The van der Waals surface area contributed by atoms with Gasteiger partial charge in [0.25, 0.3) is 0 Å². The largest absolute Gasteiger partial charge is 0.299 e. The monoisotopic (exact) mass is 400 g/mol. The van der Waals surface area contributed by atoms with Crippen LogP contribution in [0.1, 0.15) is 11.3 Å². The van der Waals surface area contributed by atoms with Gasteiger partial charge in [0.05, 0.1) is 17.8 Å². The summed E-state index contributed by atoms with van der Waals surface area (Å²) in [6.07, 6.45) is 0. The van der Waals surface area contributed by atoms with Crippen molar-refractivity contribution in [1.82, 2.24) is 19.5 Å². The molecular weight excluding hydrogens is 380 g/mol. The molecule has 144 valence electrons. The fourth-order valence-corrected chi connectivity index (χ4v) is 3.29. The highest BCUT2D eigenvalue weighted by Crippen LogP contribution is 2.29. The van der Waals surface area contributed by atoms with Gasteiger partial charge >= 0.3 is 0 Å². The third-order valence-electron chi connectivity index (χ3n) is 4.51. The smallest absolute Gasteiger partial charge is 0.172 e. The van der Waals surface area contributed by atoms with Gasteiger partial charge in [-0.15, -0.1) is 0 Å². The third kappa shape index (κ3) is 4.02. The number of nitrogens with zero attached hydrogens (tertiary/aromatic N) is 4. The summed E-state index contributed by atoms with van der Waals surface area (Å²) in [7, 11) is 4.01. The van der Waals surface area contributed by atoms with Gasteiger partial charge in [0.1, 0.15) is 5.69 Å². The van der Waals surface area contributed by atoms with E-state index in [1.54, 1.807) is 0 Å². The zero-order chi connectivity index (χ0) is 20.4. The van der Waals surface area contributed by atoms with Crippen molar-refractivity contribution >= 4 is 17.2 Å². The van der Waals surface area contributed by atoms with Crippen LogP contribution in [-0.4, -0.2) is 40.1 Å². The maximum atomic E-state index is 6.08. The number of fused-ring (bicyclic) bond motifs is 1. The average molecular weight is 401 g/mol. The number of halogens is 1. The van der Waals surface area contributed by atoms with E-state index in [9.17, 15) is 0 Å². The van der Waals surface area contributed by atoms with Crippen molar-refractivity contribution in [2.24, 2.45) is 0 Å². The first-order valence-electron chi connectivity index (χ1n) is 9.38. The molecule has 0 saturated carbocycles. The number of hydrogen-bond donors (Lipinski definition) is 0. The van der Waals surface area contributed by atoms with Crippen LogP contribution in [0.2, 0.25) is 5.02 Å². The fourth-order valence-electron chi connectivity index (χ4n) is 3.16. The quantitative estimate of drug-likeness (QED) is 0.457. The minimum absolute atomic E-state index is 0.668. The van der Waals surface area contributed by atoms with Crippen molar-refractivity contribution in [3.8, 4) is 34.4 Å². The Balaban J connectivity index is 1.99. The van der Waals surface area contributed by atoms with Crippen LogP contribution >= 0.6 is 11.6 Å². The number of aromatic nitrogens is 3. The van der Waals surface area contributed by atoms with Crippen LogP contribution in [-0.2, 0) is 0 Å². The van der Waals surface area contributed by atoms with Crippen LogP contribution in [0, 0.1) is 18.8 Å². The Morgan fingerprint density at radius 2 is 1.72 bits per heavy atom. The summed E-state index contributed by atoms with van der Waals surface area (Å²) in [5.41, 5.74) is 6.37. The van der Waals surface area contributed by atoms with Crippen molar-refractivity contribution in [2.75, 3.05) is 20.6 Å². The van der Waals surface area contributed by atoms with Gasteiger partial charge < -0.3 is 0 Å². The van der Waals surface area contributed by atoms with E-state index in [2.05, 4.69) is 11.8 Å². The van der Waals surface area contributed by atoms with Gasteiger partial charge in [0, 0.05) is 21.8 Å². The van der Waals surface area contributed by atoms with Gasteiger partial charge in [0.15, 0.2) is 5.65 Å². The van der Waals surface area contributed by atoms with Crippen LogP contribution in [0.25, 0.3) is 28.2 Å². The third-order valence-corrected chi connectivity index (χ3v) is 4.76. The van der Waals surface area contributed by atoms with E-state index in [1.807, 2.05) is 91.1 Å². The van der Waals surface area contributed by atoms with Gasteiger partial charge in [-0.2, -0.15) is 5.10 Å². The number of benzene rings is 2. The van der Waals surface area contributed by atoms with Crippen LogP contribution in [0.15, 0.2) is 60.7 Å². The molecule has 0 radical (unpaired) electrons. The number of hydrogen-bond acceptors (Lipinski definition) is 3. The van der Waals surface area contributed by atoms with Gasteiger partial charge in [-0.1, -0.05) is 65.9 Å². The lowest BCUT2D eigenvalue weighted by Gasteiger charge is -2.06. The normalized spacial score (nSPS) is 10.9. The van der Waals surface area contributed by atoms with Gasteiger partial charge in [0.2, 0.25) is 0 Å². The van der Waals surface area contributed by atoms with Crippen LogP contribution in [0.5, 0.6) is 0 Å². The standard InChI is InChI=1S/C24H21ClN4/c1-17-16-22(18-11-13-20(25)14-12-18)29-24(26-17)21(10-7-15-28(2)3)23(27-29)19-8-5-4-6-9-19/h4-6,8-9,11-14,16H,15H2,1-3H3. The summed E-state index contributed by atoms with van der Waals surface area (Å²) in [6.45, 7) is 2.66. The van der Waals surface area contributed by atoms with Crippen LogP contribution in [0.4, 0.5) is 0 Å². The fraction of sp³-hybridized carbons (Fsp3) is 0.167. The molecule has 2 aromatic carbocycles. The van der Waals surface area contributed by atoms with Crippen molar-refractivity contribution in [3.63, 3.8) is 0 Å². The maximum Gasteiger partial charge on any atom is 0.172 e. The molecule has 0 saturated heterocycles. The Morgan fingerprint density at radius 1 is 1.00 bits per heavy atom. The summed E-state index contributed by atoms with van der Waals surface area (Å²) in [5, 5.41) is 5.63. The molecule has 29 heavy (non-hydrogen) atoms. The Kier molecular flexibility index (Phi) is 5.35. The predicted octanol–water partition coefficient (Wildman–Crippen LogP) is 4.94. The van der Waals surface area contributed by atoms with Gasteiger partial charge in [-0.25, -0.2) is 9.50 Å². The number of aryl methyl sites for hydroxylation is 1. The molecule has 4 aromatic rings. The molecule has 0 unspecified atom stereocenters. The van der Waals surface area contributed by atoms with E-state index in [0.29, 0.717) is 11.6 Å². The highest BCUT2D eigenvalue weighted by molar-refractivity contribution is 6.30. The van der Waals surface area contributed by atoms with E-state index < -0.39 is 0 Å². The van der Waals surface area contributed by atoms with Crippen LogP contribution in [0.3, 0.4) is 0 Å². The molecule has 0 aliphatic rings. The molecular formula is C24H21ClN4. The van der Waals surface area contributed by atoms with E-state index in [0.717, 1.165) is 39.4 Å². The maximum absolute atomic E-state index is 6.08. The Morgan fingerprint density at radius 3 is 2.41 bits per heavy atom. The first kappa shape index (κ1) is 19.2. The molecule has 0 N–H and O–H groups in total. The zero-order valence-electron chi connectivity index (χ0n) is 16.6. The molecule has 0 spiro atoms. The van der Waals surface area contributed by atoms with Crippen LogP contribution < -0.4 is 0 Å². The topological polar surface area (TPSA) is 33.4 Å². The molecule has 0 fully saturated rings. The molecule has 5 heteroatoms. The predicted molar refractivity (Wildman–Crippen MR) is 119 cm³/mol. The second kappa shape index (κ2) is 8.08. The molecule has 0 amide bonds. The lowest BCUT2D eigenvalue weighted by atomic mass is 10.1. The summed E-state index contributed by atoms with van der Waals surface area (Å²) >= 11 is 6.08. The van der Waals surface area contributed by atoms with Crippen molar-refractivity contribution in [1.29, 1.82) is 0 Å². The highest BCUT2D eigenvalue weighted by atomic mass is 35.5. The SMILES string of the molecule is Cc1cc(-c2ccc(Cl)cc2)n2nc(-c3ccccc3)c(C#CCN(C)C)c2n1. The van der Waals surface area contributed by atoms with Crippen molar-refractivity contribution < 1.29 is 0 Å². The summed E-state index contributed by atoms with van der Waals surface area (Å²) in [6, 6.07) is 19.9. The molecule has 0 atom stereocenters. The van der Waals surface area contributed by atoms with Gasteiger partial charge in [-0.05, 0) is 39.2 Å². The first-order valence-corrected chi connectivity index (χ1v) is 9.76. The minimum atomic E-state index is 0.668. The Bertz CT molecular complexity index is 1210. The van der Waals surface area contributed by atoms with E-state index >= 15 is 0 Å². The minimum Gasteiger partial charge on any atom is -0.299 e. The molecule has 0 aliphatic heterocycles. The highest BCUT2D eigenvalue weighted by Gasteiger charge is 2.17. The number of rotatable bonds is 3. The molecule has 0 bridgehead atoms. The van der Waals surface area contributed by atoms with E-state index in [4.69, 9.17) is 21.7 Å². The second-order valence-corrected chi connectivity index (χ2v) is 7.59. The lowest BCUT2D eigenvalue weighted by molar-refractivity contribution is 0.464. The van der Waals surface area contributed by atoms with Gasteiger partial charge in [-0.3, -0.25) is 4.90 Å². The molecule has 2 aromatic heterocycles. The lowest BCUT2D eigenvalue weighted by Crippen LogP contribution is -2.10. The Labute approximate surface area is 175 Å². The Hall–Kier alpha value is -3.13. The zero-order valence-corrected chi connectivity index (χ0v) is 17.4. The molecule has 2 heterocycles. The van der Waals surface area contributed by atoms with Crippen molar-refractivity contribution in [3.05, 3.63) is 76.9 Å². The van der Waals surface area contributed by atoms with Crippen molar-refractivity contribution in [2.45, 2.75) is 6.92 Å². The van der Waals surface area contributed by atoms with E-state index in [1.165, 1.54) is 0 Å². The second-order valence-electron chi connectivity index (χ2n) is 7.15. The molecule has 0 aliphatic carbocycles. The van der Waals surface area contributed by atoms with E-state index in [-0.39, 0.29) is 0 Å².